The lowest BCUT2D eigenvalue weighted by atomic mass is 10.1. The molecule has 0 fully saturated rings. The summed E-state index contributed by atoms with van der Waals surface area (Å²) >= 11 is 0. The molecule has 0 aromatic heterocycles. The average Bonchev–Trinajstić information content (AvgIpc) is 2.59. The van der Waals surface area contributed by atoms with Gasteiger partial charge in [-0.05, 0) is 29.8 Å². The second-order valence-corrected chi connectivity index (χ2v) is 4.57. The maximum atomic E-state index is 12.1. The fourth-order valence-electron chi connectivity index (χ4n) is 2.11. The van der Waals surface area contributed by atoms with Gasteiger partial charge in [-0.1, -0.05) is 24.3 Å². The first-order valence-corrected chi connectivity index (χ1v) is 6.81. The van der Waals surface area contributed by atoms with Gasteiger partial charge < -0.3 is 19.5 Å². The molecule has 0 spiro atoms. The number of hydrogen-bond donors (Lipinski definition) is 1. The van der Waals surface area contributed by atoms with Crippen molar-refractivity contribution < 1.29 is 19.0 Å². The highest BCUT2D eigenvalue weighted by atomic mass is 16.5. The van der Waals surface area contributed by atoms with Crippen LogP contribution in [0.5, 0.6) is 11.5 Å². The zero-order chi connectivity index (χ0) is 15.9. The highest BCUT2D eigenvalue weighted by Gasteiger charge is 2.22. The van der Waals surface area contributed by atoms with Crippen LogP contribution in [0.4, 0.5) is 5.69 Å². The summed E-state index contributed by atoms with van der Waals surface area (Å²) < 4.78 is 15.3. The summed E-state index contributed by atoms with van der Waals surface area (Å²) in [5, 5.41) is 3.16. The van der Waals surface area contributed by atoms with Gasteiger partial charge in [0, 0.05) is 0 Å². The molecule has 0 aliphatic rings. The summed E-state index contributed by atoms with van der Waals surface area (Å²) in [7, 11) is 4.55. The van der Waals surface area contributed by atoms with Crippen molar-refractivity contribution in [2.45, 2.75) is 6.04 Å². The fraction of sp³-hybridized carbons (Fsp3) is 0.235. The lowest BCUT2D eigenvalue weighted by Crippen LogP contribution is -2.22. The standard InChI is InChI=1S/C17H19NO4/c1-20-13-10-8-12(9-11-13)16(17(19)22-3)18-14-6-4-5-7-15(14)21-2/h4-11,16,18H,1-3H3/t16-/m0/s1. The highest BCUT2D eigenvalue weighted by Crippen LogP contribution is 2.29. The van der Waals surface area contributed by atoms with Crippen LogP contribution in [0.2, 0.25) is 0 Å². The Hall–Kier alpha value is -2.69. The third-order valence-corrected chi connectivity index (χ3v) is 3.29. The number of rotatable bonds is 6. The minimum absolute atomic E-state index is 0.379. The molecule has 2 aromatic carbocycles. The molecule has 0 bridgehead atoms. The van der Waals surface area contributed by atoms with E-state index in [1.807, 2.05) is 36.4 Å². The van der Waals surface area contributed by atoms with Gasteiger partial charge in [-0.3, -0.25) is 0 Å². The second kappa shape index (κ2) is 7.36. The van der Waals surface area contributed by atoms with E-state index < -0.39 is 6.04 Å². The number of anilines is 1. The molecule has 5 nitrogen and oxygen atoms in total. The second-order valence-electron chi connectivity index (χ2n) is 4.57. The first-order chi connectivity index (χ1) is 10.7. The van der Waals surface area contributed by atoms with Crippen molar-refractivity contribution in [3.63, 3.8) is 0 Å². The van der Waals surface area contributed by atoms with Crippen LogP contribution in [0, 0.1) is 0 Å². The molecule has 22 heavy (non-hydrogen) atoms. The van der Waals surface area contributed by atoms with E-state index in [2.05, 4.69) is 5.32 Å². The third-order valence-electron chi connectivity index (χ3n) is 3.29. The van der Waals surface area contributed by atoms with Crippen molar-refractivity contribution in [2.24, 2.45) is 0 Å². The normalized spacial score (nSPS) is 11.4. The molecule has 2 aromatic rings. The van der Waals surface area contributed by atoms with Crippen LogP contribution in [0.15, 0.2) is 48.5 Å². The van der Waals surface area contributed by atoms with E-state index in [-0.39, 0.29) is 5.97 Å². The number of methoxy groups -OCH3 is 3. The Bertz CT molecular complexity index is 625. The monoisotopic (exact) mass is 301 g/mol. The van der Waals surface area contributed by atoms with Gasteiger partial charge in [-0.2, -0.15) is 0 Å². The predicted octanol–water partition coefficient (Wildman–Crippen LogP) is 3.03. The number of carbonyl (C=O) groups is 1. The Morgan fingerprint density at radius 1 is 0.955 bits per heavy atom. The Morgan fingerprint density at radius 2 is 1.64 bits per heavy atom. The Kier molecular flexibility index (Phi) is 5.25. The minimum atomic E-state index is -0.632. The van der Waals surface area contributed by atoms with Crippen LogP contribution in [0.25, 0.3) is 0 Å². The van der Waals surface area contributed by atoms with Crippen LogP contribution in [0.3, 0.4) is 0 Å². The predicted molar refractivity (Wildman–Crippen MR) is 84.4 cm³/mol. The number of benzene rings is 2. The molecule has 0 heterocycles. The Morgan fingerprint density at radius 3 is 2.23 bits per heavy atom. The van der Waals surface area contributed by atoms with Crippen LogP contribution in [0.1, 0.15) is 11.6 Å². The fourth-order valence-corrected chi connectivity index (χ4v) is 2.11. The summed E-state index contributed by atoms with van der Waals surface area (Å²) in [6, 6.07) is 14.0. The largest absolute Gasteiger partial charge is 0.497 e. The minimum Gasteiger partial charge on any atom is -0.497 e. The van der Waals surface area contributed by atoms with Gasteiger partial charge in [-0.15, -0.1) is 0 Å². The molecule has 0 unspecified atom stereocenters. The molecule has 0 saturated heterocycles. The Balaban J connectivity index is 2.31. The van der Waals surface area contributed by atoms with E-state index in [9.17, 15) is 4.79 Å². The van der Waals surface area contributed by atoms with Gasteiger partial charge in [0.05, 0.1) is 27.0 Å². The summed E-state index contributed by atoms with van der Waals surface area (Å²) in [5.74, 6) is 1.01. The maximum Gasteiger partial charge on any atom is 0.332 e. The molecule has 0 amide bonds. The first kappa shape index (κ1) is 15.7. The molecular formula is C17H19NO4. The van der Waals surface area contributed by atoms with Crippen LogP contribution in [-0.4, -0.2) is 27.3 Å². The van der Waals surface area contributed by atoms with E-state index in [1.165, 1.54) is 7.11 Å². The maximum absolute atomic E-state index is 12.1. The topological polar surface area (TPSA) is 56.8 Å². The molecule has 0 radical (unpaired) electrons. The lowest BCUT2D eigenvalue weighted by Gasteiger charge is -2.20. The van der Waals surface area contributed by atoms with Crippen molar-refractivity contribution in [3.05, 3.63) is 54.1 Å². The lowest BCUT2D eigenvalue weighted by molar-refractivity contribution is -0.141. The van der Waals surface area contributed by atoms with Gasteiger partial charge in [0.2, 0.25) is 0 Å². The molecule has 0 aliphatic heterocycles. The van der Waals surface area contributed by atoms with Gasteiger partial charge in [0.25, 0.3) is 0 Å². The zero-order valence-corrected chi connectivity index (χ0v) is 12.8. The van der Waals surface area contributed by atoms with Crippen LogP contribution < -0.4 is 14.8 Å². The number of para-hydroxylation sites is 2. The molecule has 116 valence electrons. The smallest absolute Gasteiger partial charge is 0.332 e. The third kappa shape index (κ3) is 3.49. The van der Waals surface area contributed by atoms with E-state index >= 15 is 0 Å². The zero-order valence-electron chi connectivity index (χ0n) is 12.8. The summed E-state index contributed by atoms with van der Waals surface area (Å²) in [4.78, 5) is 12.1. The highest BCUT2D eigenvalue weighted by molar-refractivity contribution is 5.81. The van der Waals surface area contributed by atoms with Crippen LogP contribution in [-0.2, 0) is 9.53 Å². The van der Waals surface area contributed by atoms with Crippen molar-refractivity contribution in [3.8, 4) is 11.5 Å². The van der Waals surface area contributed by atoms with E-state index in [0.29, 0.717) is 5.75 Å². The van der Waals surface area contributed by atoms with Crippen molar-refractivity contribution >= 4 is 11.7 Å². The average molecular weight is 301 g/mol. The Labute approximate surface area is 129 Å². The molecule has 1 atom stereocenters. The summed E-state index contributed by atoms with van der Waals surface area (Å²) in [5.41, 5.74) is 1.50. The first-order valence-electron chi connectivity index (χ1n) is 6.81. The van der Waals surface area contributed by atoms with Gasteiger partial charge in [-0.25, -0.2) is 4.79 Å². The summed E-state index contributed by atoms with van der Waals surface area (Å²) in [6.45, 7) is 0. The van der Waals surface area contributed by atoms with Crippen molar-refractivity contribution in [2.75, 3.05) is 26.6 Å². The number of hydrogen-bond acceptors (Lipinski definition) is 5. The quantitative estimate of drug-likeness (QED) is 0.831. The van der Waals surface area contributed by atoms with Gasteiger partial charge in [0.1, 0.15) is 11.5 Å². The molecule has 0 aliphatic carbocycles. The summed E-state index contributed by atoms with van der Waals surface area (Å²) in [6.07, 6.45) is 0. The van der Waals surface area contributed by atoms with E-state index in [0.717, 1.165) is 17.0 Å². The SMILES string of the molecule is COC(=O)[C@@H](Nc1ccccc1OC)c1ccc(OC)cc1. The number of nitrogens with one attached hydrogen (secondary N) is 1. The molecule has 1 N–H and O–H groups in total. The van der Waals surface area contributed by atoms with Crippen LogP contribution >= 0.6 is 0 Å². The van der Waals surface area contributed by atoms with Crippen molar-refractivity contribution in [1.29, 1.82) is 0 Å². The molecule has 5 heteroatoms. The van der Waals surface area contributed by atoms with Crippen molar-refractivity contribution in [1.82, 2.24) is 0 Å². The van der Waals surface area contributed by atoms with E-state index in [1.54, 1.807) is 26.4 Å². The number of carbonyl (C=O) groups excluding carboxylic acids is 1. The number of esters is 1. The van der Waals surface area contributed by atoms with E-state index in [4.69, 9.17) is 14.2 Å². The van der Waals surface area contributed by atoms with Gasteiger partial charge in [0.15, 0.2) is 6.04 Å². The van der Waals surface area contributed by atoms with Gasteiger partial charge >= 0.3 is 5.97 Å². The molecule has 0 saturated carbocycles. The molecule has 2 rings (SSSR count). The number of ether oxygens (including phenoxy) is 3. The molecular weight excluding hydrogens is 282 g/mol.